The van der Waals surface area contributed by atoms with Crippen molar-refractivity contribution in [2.45, 2.75) is 0 Å². The topological polar surface area (TPSA) is 97.3 Å². The molecule has 0 aliphatic heterocycles. The number of aliphatic hydroxyl groups is 1. The van der Waals surface area contributed by atoms with E-state index in [9.17, 15) is 4.79 Å². The first-order chi connectivity index (χ1) is 7.31. The van der Waals surface area contributed by atoms with Crippen LogP contribution in [0.15, 0.2) is 18.2 Å². The number of carbonyl (C=O) groups excluding carboxylic acids is 1. The normalized spacial score (nSPS) is 10.2. The molecule has 0 aliphatic rings. The van der Waals surface area contributed by atoms with Gasteiger partial charge in [-0.3, -0.25) is 0 Å². The van der Waals surface area contributed by atoms with E-state index in [1.54, 1.807) is 18.2 Å². The molecule has 1 heterocycles. The first-order valence-electron chi connectivity index (χ1n) is 4.06. The maximum absolute atomic E-state index is 10.9. The summed E-state index contributed by atoms with van der Waals surface area (Å²) >= 11 is 0. The summed E-state index contributed by atoms with van der Waals surface area (Å²) in [5.74, 6) is 0.222. The highest BCUT2D eigenvalue weighted by Crippen LogP contribution is 2.21. The molecule has 2 rings (SSSR count). The molecule has 0 spiro atoms. The number of H-pyrrole nitrogens is 1. The number of aromatic nitrogens is 3. The highest BCUT2D eigenvalue weighted by molar-refractivity contribution is 5.82. The summed E-state index contributed by atoms with van der Waals surface area (Å²) in [6, 6.07) is 4.92. The largest absolute Gasteiger partial charge is 0.516 e. The summed E-state index contributed by atoms with van der Waals surface area (Å²) in [5, 5.41) is 18.3. The predicted octanol–water partition coefficient (Wildman–Crippen LogP) is 0.423. The van der Waals surface area contributed by atoms with Gasteiger partial charge in [0.2, 0.25) is 0 Å². The van der Waals surface area contributed by atoms with Gasteiger partial charge in [0.05, 0.1) is 0 Å². The molecule has 0 bridgehead atoms. The first kappa shape index (κ1) is 9.41. The Morgan fingerprint density at radius 2 is 2.33 bits per heavy atom. The highest BCUT2D eigenvalue weighted by Gasteiger charge is 2.10. The minimum Gasteiger partial charge on any atom is -0.407 e. The molecule has 78 valence electrons. The van der Waals surface area contributed by atoms with Crippen LogP contribution >= 0.6 is 0 Å². The van der Waals surface area contributed by atoms with E-state index in [0.29, 0.717) is 11.0 Å². The average molecular weight is 209 g/mol. The van der Waals surface area contributed by atoms with Crippen LogP contribution in [0.3, 0.4) is 0 Å². The van der Waals surface area contributed by atoms with E-state index in [2.05, 4.69) is 20.1 Å². The van der Waals surface area contributed by atoms with Crippen molar-refractivity contribution in [2.75, 3.05) is 6.79 Å². The zero-order valence-corrected chi connectivity index (χ0v) is 7.51. The molecule has 2 N–H and O–H groups in total. The van der Waals surface area contributed by atoms with Gasteiger partial charge in [-0.25, -0.2) is 4.79 Å². The quantitative estimate of drug-likeness (QED) is 0.422. The minimum atomic E-state index is -0.993. The van der Waals surface area contributed by atoms with Crippen molar-refractivity contribution in [1.82, 2.24) is 15.4 Å². The number of aliphatic hydroxyl groups excluding tert-OH is 1. The molecule has 1 aromatic heterocycles. The van der Waals surface area contributed by atoms with Crippen molar-refractivity contribution >= 4 is 17.2 Å². The van der Waals surface area contributed by atoms with Crippen LogP contribution < -0.4 is 4.74 Å². The third-order valence-corrected chi connectivity index (χ3v) is 1.69. The van der Waals surface area contributed by atoms with Crippen LogP contribution in [-0.4, -0.2) is 33.5 Å². The molecule has 0 atom stereocenters. The molecule has 0 unspecified atom stereocenters. The van der Waals surface area contributed by atoms with Crippen LogP contribution in [0.25, 0.3) is 11.0 Å². The van der Waals surface area contributed by atoms with Gasteiger partial charge < -0.3 is 14.6 Å². The van der Waals surface area contributed by atoms with Gasteiger partial charge in [0, 0.05) is 0 Å². The number of ether oxygens (including phenoxy) is 2. The van der Waals surface area contributed by atoms with Crippen LogP contribution in [0.1, 0.15) is 0 Å². The second kappa shape index (κ2) is 3.93. The smallest absolute Gasteiger partial charge is 0.407 e. The van der Waals surface area contributed by atoms with Gasteiger partial charge in [0.25, 0.3) is 0 Å². The summed E-state index contributed by atoms with van der Waals surface area (Å²) in [4.78, 5) is 10.9. The second-order valence-electron chi connectivity index (χ2n) is 2.57. The molecule has 2 aromatic rings. The Morgan fingerprint density at radius 3 is 3.13 bits per heavy atom. The fourth-order valence-corrected chi connectivity index (χ4v) is 1.10. The second-order valence-corrected chi connectivity index (χ2v) is 2.57. The van der Waals surface area contributed by atoms with Gasteiger partial charge in [-0.15, -0.1) is 0 Å². The number of hydrogen-bond acceptors (Lipinski definition) is 6. The molecular weight excluding hydrogens is 202 g/mol. The third kappa shape index (κ3) is 1.86. The summed E-state index contributed by atoms with van der Waals surface area (Å²) in [6.07, 6.45) is -0.993. The van der Waals surface area contributed by atoms with E-state index in [1.807, 2.05) is 0 Å². The lowest BCUT2D eigenvalue weighted by atomic mass is 10.3. The van der Waals surface area contributed by atoms with E-state index in [1.165, 1.54) is 0 Å². The maximum atomic E-state index is 10.9. The molecule has 15 heavy (non-hydrogen) atoms. The average Bonchev–Trinajstić information content (AvgIpc) is 2.67. The minimum absolute atomic E-state index is 0.222. The molecular formula is C8H7N3O4. The zero-order valence-electron chi connectivity index (χ0n) is 7.51. The summed E-state index contributed by atoms with van der Waals surface area (Å²) in [5.41, 5.74) is 0.997. The fraction of sp³-hybridized carbons (Fsp3) is 0.125. The standard InChI is InChI=1S/C8H7N3O4/c12-4-14-8(13)15-6-3-1-2-5-7(6)10-11-9-5/h1-3,12H,4H2,(H,9,10,11). The molecule has 0 amide bonds. The predicted molar refractivity (Wildman–Crippen MR) is 48.1 cm³/mol. The number of rotatable bonds is 2. The zero-order chi connectivity index (χ0) is 10.7. The van der Waals surface area contributed by atoms with E-state index in [4.69, 9.17) is 9.84 Å². The van der Waals surface area contributed by atoms with Crippen LogP contribution in [0.2, 0.25) is 0 Å². The van der Waals surface area contributed by atoms with Crippen molar-refractivity contribution in [1.29, 1.82) is 0 Å². The van der Waals surface area contributed by atoms with Gasteiger partial charge in [0.15, 0.2) is 18.1 Å². The van der Waals surface area contributed by atoms with E-state index in [0.717, 1.165) is 0 Å². The molecule has 0 fully saturated rings. The number of fused-ring (bicyclic) bond motifs is 1. The molecule has 0 saturated heterocycles. The molecule has 0 saturated carbocycles. The first-order valence-corrected chi connectivity index (χ1v) is 4.06. The Morgan fingerprint density at radius 1 is 1.47 bits per heavy atom. The Bertz CT molecular complexity index is 481. The van der Waals surface area contributed by atoms with Crippen molar-refractivity contribution in [3.63, 3.8) is 0 Å². The van der Waals surface area contributed by atoms with Gasteiger partial charge >= 0.3 is 6.16 Å². The number of hydrogen-bond donors (Lipinski definition) is 2. The summed E-state index contributed by atoms with van der Waals surface area (Å²) < 4.78 is 8.99. The van der Waals surface area contributed by atoms with Crippen molar-refractivity contribution in [3.8, 4) is 5.75 Å². The number of nitrogens with zero attached hydrogens (tertiary/aromatic N) is 2. The summed E-state index contributed by atoms with van der Waals surface area (Å²) in [6.45, 7) is -0.729. The number of aromatic amines is 1. The lowest BCUT2D eigenvalue weighted by Gasteiger charge is -2.02. The monoisotopic (exact) mass is 209 g/mol. The van der Waals surface area contributed by atoms with Crippen molar-refractivity contribution < 1.29 is 19.4 Å². The Kier molecular flexibility index (Phi) is 2.46. The lowest BCUT2D eigenvalue weighted by Crippen LogP contribution is -2.11. The molecule has 0 radical (unpaired) electrons. The van der Waals surface area contributed by atoms with E-state index >= 15 is 0 Å². The molecule has 7 nitrogen and oxygen atoms in total. The van der Waals surface area contributed by atoms with E-state index < -0.39 is 12.9 Å². The Balaban J connectivity index is 2.27. The molecule has 1 aromatic carbocycles. The van der Waals surface area contributed by atoms with Gasteiger partial charge in [-0.05, 0) is 12.1 Å². The number of para-hydroxylation sites is 1. The fourth-order valence-electron chi connectivity index (χ4n) is 1.10. The Labute approximate surface area is 83.6 Å². The molecule has 7 heteroatoms. The van der Waals surface area contributed by atoms with Crippen LogP contribution in [0.4, 0.5) is 4.79 Å². The number of carbonyl (C=O) groups is 1. The number of benzene rings is 1. The van der Waals surface area contributed by atoms with Crippen LogP contribution in [-0.2, 0) is 4.74 Å². The Hall–Kier alpha value is -2.15. The van der Waals surface area contributed by atoms with Gasteiger partial charge in [-0.1, -0.05) is 6.07 Å². The SMILES string of the molecule is O=C(OCO)Oc1cccc2n[nH]nc12. The van der Waals surface area contributed by atoms with Gasteiger partial charge in [-0.2, -0.15) is 15.4 Å². The van der Waals surface area contributed by atoms with Crippen LogP contribution in [0.5, 0.6) is 5.75 Å². The number of nitrogens with one attached hydrogen (secondary N) is 1. The van der Waals surface area contributed by atoms with E-state index in [-0.39, 0.29) is 5.75 Å². The lowest BCUT2D eigenvalue weighted by molar-refractivity contribution is 0.0186. The highest BCUT2D eigenvalue weighted by atomic mass is 16.8. The van der Waals surface area contributed by atoms with Crippen molar-refractivity contribution in [2.24, 2.45) is 0 Å². The van der Waals surface area contributed by atoms with Crippen LogP contribution in [0, 0.1) is 0 Å². The van der Waals surface area contributed by atoms with Gasteiger partial charge in [0.1, 0.15) is 5.52 Å². The van der Waals surface area contributed by atoms with Crippen molar-refractivity contribution in [3.05, 3.63) is 18.2 Å². The third-order valence-electron chi connectivity index (χ3n) is 1.69. The molecule has 0 aliphatic carbocycles. The summed E-state index contributed by atoms with van der Waals surface area (Å²) in [7, 11) is 0. The maximum Gasteiger partial charge on any atom is 0.516 e.